The Morgan fingerprint density at radius 2 is 2.12 bits per heavy atom. The zero-order chi connectivity index (χ0) is 13.3. The Balaban J connectivity index is 2.80. The second-order valence-electron chi connectivity index (χ2n) is 5.04. The van der Waals surface area contributed by atoms with E-state index < -0.39 is 9.74 Å². The normalized spacial score (nSPS) is 12.6. The lowest BCUT2D eigenvalue weighted by molar-refractivity contribution is -0.117. The summed E-state index contributed by atoms with van der Waals surface area (Å²) in [5.41, 5.74) is 0.110. The van der Waals surface area contributed by atoms with Crippen LogP contribution in [0.2, 0.25) is 0 Å². The Morgan fingerprint density at radius 3 is 2.59 bits per heavy atom. The Hall–Kier alpha value is -0.880. The van der Waals surface area contributed by atoms with Crippen LogP contribution in [0.15, 0.2) is 10.6 Å². The van der Waals surface area contributed by atoms with E-state index in [1.54, 1.807) is 19.9 Å². The summed E-state index contributed by atoms with van der Waals surface area (Å²) in [6.45, 7) is 7.10. The molecule has 1 aromatic heterocycles. The van der Waals surface area contributed by atoms with Crippen LogP contribution < -0.4 is 5.32 Å². The van der Waals surface area contributed by atoms with E-state index >= 15 is 0 Å². The number of halogens is 1. The van der Waals surface area contributed by atoms with Crippen molar-refractivity contribution in [3.05, 3.63) is 11.8 Å². The summed E-state index contributed by atoms with van der Waals surface area (Å²) < 4.78 is 4.33. The van der Waals surface area contributed by atoms with E-state index in [1.165, 1.54) is 0 Å². The third kappa shape index (κ3) is 3.54. The van der Waals surface area contributed by atoms with E-state index in [2.05, 4.69) is 26.4 Å². The second kappa shape index (κ2) is 4.78. The summed E-state index contributed by atoms with van der Waals surface area (Å²) in [6, 6.07) is 1.62. The van der Waals surface area contributed by atoms with Crippen LogP contribution in [-0.4, -0.2) is 27.1 Å². The van der Waals surface area contributed by atoms with E-state index in [0.29, 0.717) is 5.69 Å². The van der Waals surface area contributed by atoms with Crippen molar-refractivity contribution in [3.8, 4) is 0 Å². The number of aliphatic hydroxyl groups is 1. The van der Waals surface area contributed by atoms with Gasteiger partial charge >= 0.3 is 0 Å². The number of alkyl halides is 1. The van der Waals surface area contributed by atoms with Crippen molar-refractivity contribution in [3.63, 3.8) is 0 Å². The molecule has 0 radical (unpaired) electrons. The highest BCUT2D eigenvalue weighted by Gasteiger charge is 2.27. The van der Waals surface area contributed by atoms with Gasteiger partial charge in [-0.3, -0.25) is 10.1 Å². The molecule has 0 saturated carbocycles. The van der Waals surface area contributed by atoms with Gasteiger partial charge in [-0.15, -0.1) is 0 Å². The first-order chi connectivity index (χ1) is 7.66. The number of aliphatic hydroxyl groups excluding tert-OH is 1. The number of rotatable bonds is 4. The van der Waals surface area contributed by atoms with Crippen LogP contribution in [0.1, 0.15) is 33.4 Å². The zero-order valence-corrected chi connectivity index (χ0v) is 12.0. The molecule has 0 bridgehead atoms. The predicted molar refractivity (Wildman–Crippen MR) is 68.3 cm³/mol. The van der Waals surface area contributed by atoms with Crippen molar-refractivity contribution >= 4 is 27.7 Å². The lowest BCUT2D eigenvalue weighted by Gasteiger charge is -2.17. The molecule has 1 amide bonds. The van der Waals surface area contributed by atoms with Gasteiger partial charge in [0.1, 0.15) is 0 Å². The van der Waals surface area contributed by atoms with Gasteiger partial charge in [-0.2, -0.15) is 0 Å². The molecule has 0 atom stereocenters. The van der Waals surface area contributed by atoms with E-state index in [-0.39, 0.29) is 18.4 Å². The number of nitrogens with zero attached hydrogens (tertiary/aromatic N) is 1. The molecule has 96 valence electrons. The van der Waals surface area contributed by atoms with Crippen LogP contribution in [0.25, 0.3) is 0 Å². The maximum atomic E-state index is 11.7. The second-order valence-corrected chi connectivity index (χ2v) is 7.03. The molecule has 0 unspecified atom stereocenters. The van der Waals surface area contributed by atoms with Crippen molar-refractivity contribution < 1.29 is 14.4 Å². The van der Waals surface area contributed by atoms with Gasteiger partial charge in [0.2, 0.25) is 11.8 Å². The minimum absolute atomic E-state index is 0.0448. The Bertz CT molecular complexity index is 407. The van der Waals surface area contributed by atoms with Crippen molar-refractivity contribution in [2.45, 2.75) is 37.4 Å². The Labute approximate surface area is 109 Å². The number of carbonyl (C=O) groups is 1. The first-order valence-electron chi connectivity index (χ1n) is 5.25. The fraction of sp³-hybridized carbons (Fsp3) is 0.636. The fourth-order valence-corrected chi connectivity index (χ4v) is 1.09. The van der Waals surface area contributed by atoms with Crippen molar-refractivity contribution in [2.24, 2.45) is 0 Å². The maximum absolute atomic E-state index is 11.7. The summed E-state index contributed by atoms with van der Waals surface area (Å²) in [5, 5.41) is 15.6. The van der Waals surface area contributed by atoms with Crippen molar-refractivity contribution in [1.82, 2.24) is 5.16 Å². The van der Waals surface area contributed by atoms with Crippen molar-refractivity contribution in [2.75, 3.05) is 11.9 Å². The smallest absolute Gasteiger partial charge is 0.243 e. The summed E-state index contributed by atoms with van der Waals surface area (Å²) in [4.78, 5) is 11.7. The van der Waals surface area contributed by atoms with Gasteiger partial charge < -0.3 is 9.63 Å². The van der Waals surface area contributed by atoms with Gasteiger partial charge in [0.15, 0.2) is 0 Å². The van der Waals surface area contributed by atoms with Crippen LogP contribution in [-0.2, 0) is 10.2 Å². The van der Waals surface area contributed by atoms with Gasteiger partial charge in [-0.25, -0.2) is 0 Å². The molecule has 5 nitrogen and oxygen atoms in total. The number of hydrogen-bond acceptors (Lipinski definition) is 4. The lowest BCUT2D eigenvalue weighted by atomic mass is 9.91. The minimum atomic E-state index is -0.674. The molecule has 1 rings (SSSR count). The standard InChI is InChI=1S/C11H17BrN2O3/c1-10(2,6-15)7-5-8(17-14-7)13-9(16)11(3,4)12/h5,15H,6H2,1-4H3,(H,13,16). The summed E-state index contributed by atoms with van der Waals surface area (Å²) in [6.07, 6.45) is 0. The van der Waals surface area contributed by atoms with Gasteiger partial charge in [0, 0.05) is 11.5 Å². The lowest BCUT2D eigenvalue weighted by Crippen LogP contribution is -2.30. The monoisotopic (exact) mass is 304 g/mol. The van der Waals surface area contributed by atoms with Crippen molar-refractivity contribution in [1.29, 1.82) is 0 Å². The average Bonchev–Trinajstić information content (AvgIpc) is 2.65. The molecule has 0 fully saturated rings. The average molecular weight is 305 g/mol. The third-order valence-corrected chi connectivity index (χ3v) is 2.74. The highest BCUT2D eigenvalue weighted by Crippen LogP contribution is 2.25. The molecular formula is C11H17BrN2O3. The SMILES string of the molecule is CC(C)(Br)C(=O)Nc1cc(C(C)(C)CO)no1. The molecule has 0 saturated heterocycles. The van der Waals surface area contributed by atoms with Crippen LogP contribution >= 0.6 is 15.9 Å². The Kier molecular flexibility index (Phi) is 3.99. The minimum Gasteiger partial charge on any atom is -0.395 e. The molecule has 0 aliphatic rings. The number of anilines is 1. The summed E-state index contributed by atoms with van der Waals surface area (Å²) >= 11 is 3.25. The Morgan fingerprint density at radius 1 is 1.53 bits per heavy atom. The third-order valence-electron chi connectivity index (χ3n) is 2.38. The quantitative estimate of drug-likeness (QED) is 0.835. The van der Waals surface area contributed by atoms with Gasteiger partial charge in [0.05, 0.1) is 16.6 Å². The number of carbonyl (C=O) groups excluding carboxylic acids is 1. The highest BCUT2D eigenvalue weighted by molar-refractivity contribution is 9.10. The fourth-order valence-electron chi connectivity index (χ4n) is 0.995. The van der Waals surface area contributed by atoms with Crippen LogP contribution in [0.3, 0.4) is 0 Å². The first-order valence-corrected chi connectivity index (χ1v) is 6.04. The van der Waals surface area contributed by atoms with E-state index in [4.69, 9.17) is 4.52 Å². The number of amides is 1. The van der Waals surface area contributed by atoms with Crippen LogP contribution in [0, 0.1) is 0 Å². The molecule has 1 heterocycles. The molecule has 1 aromatic rings. The van der Waals surface area contributed by atoms with Crippen LogP contribution in [0.4, 0.5) is 5.88 Å². The van der Waals surface area contributed by atoms with Crippen LogP contribution in [0.5, 0.6) is 0 Å². The van der Waals surface area contributed by atoms with Gasteiger partial charge in [0.25, 0.3) is 0 Å². The van der Waals surface area contributed by atoms with Gasteiger partial charge in [-0.1, -0.05) is 34.9 Å². The summed E-state index contributed by atoms with van der Waals surface area (Å²) in [7, 11) is 0. The summed E-state index contributed by atoms with van der Waals surface area (Å²) in [5.74, 6) is 0.0565. The maximum Gasteiger partial charge on any atom is 0.243 e. The molecular weight excluding hydrogens is 288 g/mol. The molecule has 0 spiro atoms. The van der Waals surface area contributed by atoms with E-state index in [9.17, 15) is 9.90 Å². The highest BCUT2D eigenvalue weighted by atomic mass is 79.9. The number of hydrogen-bond donors (Lipinski definition) is 2. The number of nitrogens with one attached hydrogen (secondary N) is 1. The topological polar surface area (TPSA) is 75.4 Å². The van der Waals surface area contributed by atoms with E-state index in [1.807, 2.05) is 13.8 Å². The predicted octanol–water partition coefficient (Wildman–Crippen LogP) is 2.06. The largest absolute Gasteiger partial charge is 0.395 e. The van der Waals surface area contributed by atoms with Gasteiger partial charge in [-0.05, 0) is 13.8 Å². The molecule has 6 heteroatoms. The zero-order valence-electron chi connectivity index (χ0n) is 10.4. The number of aromatic nitrogens is 1. The molecule has 0 aliphatic heterocycles. The van der Waals surface area contributed by atoms with E-state index in [0.717, 1.165) is 0 Å². The molecule has 2 N–H and O–H groups in total. The molecule has 17 heavy (non-hydrogen) atoms. The molecule has 0 aliphatic carbocycles. The first kappa shape index (κ1) is 14.2. The molecule has 0 aromatic carbocycles.